The van der Waals surface area contributed by atoms with E-state index in [9.17, 15) is 19.8 Å². The molecule has 3 heterocycles. The van der Waals surface area contributed by atoms with Gasteiger partial charge in [0.2, 0.25) is 0 Å². The zero-order valence-corrected chi connectivity index (χ0v) is 28.8. The second-order valence-corrected chi connectivity index (χ2v) is 19.3. The molecule has 250 valence electrons. The average Bonchev–Trinajstić information content (AvgIpc) is 3.66. The van der Waals surface area contributed by atoms with Gasteiger partial charge in [-0.3, -0.25) is 14.3 Å². The third kappa shape index (κ3) is 4.93. The van der Waals surface area contributed by atoms with E-state index in [0.29, 0.717) is 5.69 Å². The van der Waals surface area contributed by atoms with E-state index in [1.165, 1.54) is 32.4 Å². The number of fused-ring (bicyclic) bond motifs is 2. The third-order valence-corrected chi connectivity index (χ3v) is 15.0. The first-order valence-corrected chi connectivity index (χ1v) is 19.3. The smallest absolute Gasteiger partial charge is 0.330 e. The molecular weight excluding hydrogens is 639 g/mol. The van der Waals surface area contributed by atoms with E-state index in [2.05, 4.69) is 104 Å². The molecule has 0 radical (unpaired) electrons. The van der Waals surface area contributed by atoms with Crippen LogP contribution >= 0.6 is 0 Å². The minimum atomic E-state index is -2.18. The van der Waals surface area contributed by atoms with E-state index in [1.54, 1.807) is 6.20 Å². The van der Waals surface area contributed by atoms with Crippen LogP contribution in [0, 0.1) is 0 Å². The summed E-state index contributed by atoms with van der Waals surface area (Å²) in [5.41, 5.74) is -0.119. The Balaban J connectivity index is 1.16. The second kappa shape index (κ2) is 11.2. The number of aliphatic hydroxyl groups is 2. The number of nitrogens with one attached hydrogen (secondary N) is 1. The lowest BCUT2D eigenvalue weighted by Gasteiger charge is -2.37. The van der Waals surface area contributed by atoms with Crippen molar-refractivity contribution in [2.45, 2.75) is 63.4 Å². The summed E-state index contributed by atoms with van der Waals surface area (Å²) in [5, 5.41) is 39.6. The number of aliphatic hydroxyl groups excluding tert-OH is 2. The Morgan fingerprint density at radius 3 is 2.18 bits per heavy atom. The van der Waals surface area contributed by atoms with Crippen LogP contribution in [0.15, 0.2) is 88.7 Å². The van der Waals surface area contributed by atoms with Crippen molar-refractivity contribution in [3.8, 4) is 16.9 Å². The first kappa shape index (κ1) is 31.5. The number of hydrogen-bond acceptors (Lipinski definition) is 8. The minimum absolute atomic E-state index is 0.00653. The highest BCUT2D eigenvalue weighted by molar-refractivity contribution is 6.74. The van der Waals surface area contributed by atoms with Crippen molar-refractivity contribution in [1.82, 2.24) is 24.5 Å². The van der Waals surface area contributed by atoms with Gasteiger partial charge in [-0.2, -0.15) is 0 Å². The summed E-state index contributed by atoms with van der Waals surface area (Å²) in [5.74, 6) is 0. The lowest BCUT2D eigenvalue weighted by molar-refractivity contribution is -0.0531. The maximum Gasteiger partial charge on any atom is 0.330 e. The zero-order valence-electron chi connectivity index (χ0n) is 27.8. The van der Waals surface area contributed by atoms with E-state index in [0.717, 1.165) is 31.7 Å². The molecule has 0 saturated carbocycles. The van der Waals surface area contributed by atoms with Crippen molar-refractivity contribution in [3.05, 3.63) is 100.0 Å². The average molecular weight is 676 g/mol. The van der Waals surface area contributed by atoms with E-state index < -0.39 is 44.1 Å². The highest BCUT2D eigenvalue weighted by Crippen LogP contribution is 2.43. The van der Waals surface area contributed by atoms with E-state index in [4.69, 9.17) is 9.16 Å². The number of hydrogen-bond donors (Lipinski definition) is 3. The van der Waals surface area contributed by atoms with Crippen LogP contribution in [0.5, 0.6) is 0 Å². The van der Waals surface area contributed by atoms with Crippen LogP contribution in [0.3, 0.4) is 0 Å². The van der Waals surface area contributed by atoms with Crippen LogP contribution in [0.2, 0.25) is 18.1 Å². The summed E-state index contributed by atoms with van der Waals surface area (Å²) in [7, 11) is -2.18. The summed E-state index contributed by atoms with van der Waals surface area (Å²) in [6, 6.07) is 23.1. The van der Waals surface area contributed by atoms with Crippen molar-refractivity contribution in [2.24, 2.45) is 0 Å². The van der Waals surface area contributed by atoms with Gasteiger partial charge in [-0.05, 0) is 61.2 Å². The Kier molecular flexibility index (Phi) is 7.18. The molecule has 3 N–H and O–H groups in total. The van der Waals surface area contributed by atoms with Gasteiger partial charge in [-0.15, -0.1) is 5.10 Å². The van der Waals surface area contributed by atoms with Crippen molar-refractivity contribution >= 4 is 51.4 Å². The normalized spacial score (nSPS) is 20.4. The fourth-order valence-electron chi connectivity index (χ4n) is 6.80. The summed E-state index contributed by atoms with van der Waals surface area (Å²) >= 11 is 0. The van der Waals surface area contributed by atoms with Gasteiger partial charge in [0.25, 0.3) is 5.56 Å². The largest absolute Gasteiger partial charge is 0.414 e. The molecule has 0 unspecified atom stereocenters. The quantitative estimate of drug-likeness (QED) is 0.120. The van der Waals surface area contributed by atoms with Gasteiger partial charge in [0.15, 0.2) is 14.5 Å². The number of benzene rings is 5. The number of aromatic amines is 1. The molecule has 0 spiro atoms. The van der Waals surface area contributed by atoms with Crippen molar-refractivity contribution < 1.29 is 19.4 Å². The number of ether oxygens (including phenoxy) is 1. The molecule has 0 bridgehead atoms. The van der Waals surface area contributed by atoms with Crippen LogP contribution in [0.1, 0.15) is 27.0 Å². The predicted octanol–water partition coefficient (Wildman–Crippen LogP) is 5.48. The Morgan fingerprint density at radius 2 is 1.49 bits per heavy atom. The molecule has 2 aromatic heterocycles. The Morgan fingerprint density at radius 1 is 0.857 bits per heavy atom. The lowest BCUT2D eigenvalue weighted by Crippen LogP contribution is -2.44. The van der Waals surface area contributed by atoms with Gasteiger partial charge in [-0.1, -0.05) is 92.7 Å². The molecule has 8 rings (SSSR count). The summed E-state index contributed by atoms with van der Waals surface area (Å²) in [6.45, 7) is 10.5. The van der Waals surface area contributed by atoms with E-state index >= 15 is 0 Å². The van der Waals surface area contributed by atoms with E-state index in [1.807, 2.05) is 12.1 Å². The van der Waals surface area contributed by atoms with Gasteiger partial charge in [0.05, 0.1) is 12.8 Å². The number of nitrogens with zero attached hydrogens (tertiary/aromatic N) is 4. The summed E-state index contributed by atoms with van der Waals surface area (Å²) in [4.78, 5) is 28.4. The highest BCUT2D eigenvalue weighted by Gasteiger charge is 2.46. The first-order chi connectivity index (χ1) is 23.3. The van der Waals surface area contributed by atoms with Crippen LogP contribution in [0.4, 0.5) is 0 Å². The second-order valence-electron chi connectivity index (χ2n) is 14.4. The molecule has 49 heavy (non-hydrogen) atoms. The molecule has 0 aliphatic carbocycles. The highest BCUT2D eigenvalue weighted by atomic mass is 28.4. The summed E-state index contributed by atoms with van der Waals surface area (Å²) in [6.07, 6.45) is -1.97. The van der Waals surface area contributed by atoms with Gasteiger partial charge < -0.3 is 19.4 Å². The van der Waals surface area contributed by atoms with Crippen LogP contribution in [0.25, 0.3) is 60.0 Å². The lowest BCUT2D eigenvalue weighted by atomic mass is 9.88. The molecular formula is C37H37N5O6Si. The number of aromatic nitrogens is 5. The van der Waals surface area contributed by atoms with E-state index in [-0.39, 0.29) is 17.3 Å². The molecule has 11 nitrogen and oxygen atoms in total. The molecule has 5 aromatic carbocycles. The van der Waals surface area contributed by atoms with Gasteiger partial charge in [-0.25, -0.2) is 9.48 Å². The van der Waals surface area contributed by atoms with Crippen molar-refractivity contribution in [3.63, 3.8) is 0 Å². The maximum absolute atomic E-state index is 13.1. The zero-order chi connectivity index (χ0) is 34.4. The van der Waals surface area contributed by atoms with Crippen LogP contribution in [-0.2, 0) is 9.16 Å². The van der Waals surface area contributed by atoms with Crippen LogP contribution < -0.4 is 11.2 Å². The minimum Gasteiger partial charge on any atom is -0.414 e. The van der Waals surface area contributed by atoms with Gasteiger partial charge in [0, 0.05) is 11.8 Å². The first-order valence-electron chi connectivity index (χ1n) is 16.4. The molecule has 4 atom stereocenters. The molecule has 1 saturated heterocycles. The standard InChI is InChI=1S/C37H37N5O6Si/c1-37(2,3)49(4,5)47-19-29-32(43)33(44)35(48-29)41-18-28(34(45)38-36(41)46)42-17-27(39-40-42)21-15-16-26-24-12-7-10-20-9-6-11-23(30(20)24)25-14-8-13-22(21)31(25)26/h6-18,29,32-33,35,43-44H,19H2,1-5H3,(H,38,45,46)/t29-,32-,33-,35-/m1/s1. The van der Waals surface area contributed by atoms with Gasteiger partial charge >= 0.3 is 5.69 Å². The molecule has 1 aliphatic heterocycles. The Bertz CT molecular complexity index is 2460. The monoisotopic (exact) mass is 675 g/mol. The Hall–Kier alpha value is -4.72. The molecule has 1 fully saturated rings. The van der Waals surface area contributed by atoms with Gasteiger partial charge in [0.1, 0.15) is 29.7 Å². The molecule has 12 heteroatoms. The SMILES string of the molecule is CC(C)(C)[Si](C)(C)OC[C@H]1O[C@@H](n2cc(-n3cc(-c4ccc5c6cccc7cccc(c8cccc4c85)c76)nn3)c(=O)[nH]c2=O)[C@H](O)[C@@H]1O. The fraction of sp³-hybridized carbons (Fsp3) is 0.297. The molecule has 1 aliphatic rings. The van der Waals surface area contributed by atoms with Crippen molar-refractivity contribution in [2.75, 3.05) is 6.61 Å². The number of rotatable bonds is 6. The number of H-pyrrole nitrogens is 1. The van der Waals surface area contributed by atoms with Crippen molar-refractivity contribution in [1.29, 1.82) is 0 Å². The molecule has 7 aromatic rings. The molecule has 0 amide bonds. The van der Waals surface area contributed by atoms with Crippen LogP contribution in [-0.4, -0.2) is 68.0 Å². The topological polar surface area (TPSA) is 144 Å². The Labute approximate surface area is 281 Å². The maximum atomic E-state index is 13.1. The predicted molar refractivity (Wildman–Crippen MR) is 192 cm³/mol. The fourth-order valence-corrected chi connectivity index (χ4v) is 7.82. The summed E-state index contributed by atoms with van der Waals surface area (Å²) < 4.78 is 14.6. The third-order valence-electron chi connectivity index (χ3n) is 10.5.